The predicted octanol–water partition coefficient (Wildman–Crippen LogP) is 2.59. The van der Waals surface area contributed by atoms with Crippen LogP contribution in [0.25, 0.3) is 0 Å². The number of piperidine rings is 1. The Balaban J connectivity index is 1.73. The van der Waals surface area contributed by atoms with Crippen molar-refractivity contribution >= 4 is 0 Å². The van der Waals surface area contributed by atoms with Gasteiger partial charge in [0, 0.05) is 13.1 Å². The van der Waals surface area contributed by atoms with Gasteiger partial charge in [-0.1, -0.05) is 13.0 Å². The number of rotatable bonds is 3. The van der Waals surface area contributed by atoms with Crippen molar-refractivity contribution in [1.29, 1.82) is 0 Å². The molecule has 3 heteroatoms. The normalized spacial score (nSPS) is 27.1. The van der Waals surface area contributed by atoms with E-state index in [2.05, 4.69) is 42.3 Å². The van der Waals surface area contributed by atoms with Gasteiger partial charge in [0.1, 0.15) is 11.4 Å². The van der Waals surface area contributed by atoms with Gasteiger partial charge in [-0.15, -0.1) is 0 Å². The molecule has 1 aromatic rings. The molecule has 20 heavy (non-hydrogen) atoms. The highest BCUT2D eigenvalue weighted by Gasteiger charge is 2.32. The van der Waals surface area contributed by atoms with Crippen molar-refractivity contribution in [3.8, 4) is 5.75 Å². The first-order valence-electron chi connectivity index (χ1n) is 7.92. The Kier molecular flexibility index (Phi) is 3.99. The number of benzene rings is 1. The smallest absolute Gasteiger partial charge is 0.120 e. The van der Waals surface area contributed by atoms with Crippen LogP contribution in [0.15, 0.2) is 18.2 Å². The van der Waals surface area contributed by atoms with Gasteiger partial charge < -0.3 is 10.1 Å². The average Bonchev–Trinajstić information content (AvgIpc) is 2.46. The van der Waals surface area contributed by atoms with Gasteiger partial charge in [-0.2, -0.15) is 0 Å². The van der Waals surface area contributed by atoms with Crippen LogP contribution < -0.4 is 10.1 Å². The summed E-state index contributed by atoms with van der Waals surface area (Å²) in [7, 11) is 0. The molecule has 2 aliphatic heterocycles. The van der Waals surface area contributed by atoms with Crippen LogP contribution in [0.4, 0.5) is 0 Å². The van der Waals surface area contributed by atoms with E-state index >= 15 is 0 Å². The van der Waals surface area contributed by atoms with E-state index < -0.39 is 0 Å². The van der Waals surface area contributed by atoms with E-state index in [1.807, 2.05) is 0 Å². The van der Waals surface area contributed by atoms with Gasteiger partial charge in [-0.25, -0.2) is 0 Å². The number of ether oxygens (including phenoxy) is 1. The molecule has 1 fully saturated rings. The van der Waals surface area contributed by atoms with Gasteiger partial charge in [0.25, 0.3) is 0 Å². The van der Waals surface area contributed by atoms with Crippen LogP contribution in [-0.2, 0) is 13.0 Å². The largest absolute Gasteiger partial charge is 0.486 e. The van der Waals surface area contributed by atoms with Crippen LogP contribution >= 0.6 is 0 Å². The fourth-order valence-electron chi connectivity index (χ4n) is 3.46. The van der Waals surface area contributed by atoms with E-state index in [9.17, 15) is 0 Å². The Labute approximate surface area is 122 Å². The third-order valence-corrected chi connectivity index (χ3v) is 4.61. The second-order valence-corrected chi connectivity index (χ2v) is 6.38. The van der Waals surface area contributed by atoms with Gasteiger partial charge >= 0.3 is 0 Å². The third kappa shape index (κ3) is 2.99. The Bertz CT molecular complexity index is 474. The maximum absolute atomic E-state index is 6.38. The first-order valence-corrected chi connectivity index (χ1v) is 7.92. The maximum Gasteiger partial charge on any atom is 0.120 e. The lowest BCUT2D eigenvalue weighted by Crippen LogP contribution is -2.49. The minimum atomic E-state index is -0.0323. The summed E-state index contributed by atoms with van der Waals surface area (Å²) in [4.78, 5) is 2.49. The molecule has 0 aromatic heterocycles. The molecule has 110 valence electrons. The molecule has 1 atom stereocenters. The fraction of sp³-hybridized carbons (Fsp3) is 0.647. The van der Waals surface area contributed by atoms with Crippen LogP contribution in [-0.4, -0.2) is 36.7 Å². The molecule has 1 aromatic carbocycles. The second kappa shape index (κ2) is 5.74. The number of likely N-dealkylation sites (tertiary alicyclic amines) is 1. The first kappa shape index (κ1) is 13.9. The summed E-state index contributed by atoms with van der Waals surface area (Å²) in [6.07, 6.45) is 3.51. The zero-order valence-corrected chi connectivity index (χ0v) is 12.7. The summed E-state index contributed by atoms with van der Waals surface area (Å²) in [6.45, 7) is 9.95. The van der Waals surface area contributed by atoms with Crippen LogP contribution in [0.2, 0.25) is 0 Å². The molecular formula is C17H26N2O. The molecule has 1 saturated heterocycles. The number of hydrogen-bond donors (Lipinski definition) is 1. The van der Waals surface area contributed by atoms with Crippen molar-refractivity contribution in [2.75, 3.05) is 26.2 Å². The monoisotopic (exact) mass is 274 g/mol. The molecule has 0 spiro atoms. The standard InChI is InChI=1S/C17H26N2O/c1-3-19-10-4-8-17(2,13-19)20-16-6-5-15-12-18-9-7-14(15)11-16/h5-6,11,18H,3-4,7-10,12-13H2,1-2H3. The van der Waals surface area contributed by atoms with Crippen LogP contribution in [0.5, 0.6) is 5.75 Å². The quantitative estimate of drug-likeness (QED) is 0.917. The van der Waals surface area contributed by atoms with Crippen LogP contribution in [0.3, 0.4) is 0 Å². The minimum Gasteiger partial charge on any atom is -0.486 e. The average molecular weight is 274 g/mol. The Morgan fingerprint density at radius 1 is 1.35 bits per heavy atom. The van der Waals surface area contributed by atoms with Gasteiger partial charge in [0.15, 0.2) is 0 Å². The van der Waals surface area contributed by atoms with Crippen LogP contribution in [0.1, 0.15) is 37.8 Å². The van der Waals surface area contributed by atoms with E-state index in [0.29, 0.717) is 0 Å². The molecule has 0 aliphatic carbocycles. The number of nitrogens with one attached hydrogen (secondary N) is 1. The van der Waals surface area contributed by atoms with E-state index in [1.165, 1.54) is 24.1 Å². The number of hydrogen-bond acceptors (Lipinski definition) is 3. The SMILES string of the molecule is CCN1CCCC(C)(Oc2ccc3c(c2)CCNC3)C1. The molecule has 0 radical (unpaired) electrons. The van der Waals surface area contributed by atoms with Crippen molar-refractivity contribution in [2.45, 2.75) is 45.3 Å². The first-order chi connectivity index (χ1) is 9.68. The van der Waals surface area contributed by atoms with Crippen molar-refractivity contribution in [2.24, 2.45) is 0 Å². The van der Waals surface area contributed by atoms with E-state index in [-0.39, 0.29) is 5.60 Å². The highest BCUT2D eigenvalue weighted by Crippen LogP contribution is 2.29. The summed E-state index contributed by atoms with van der Waals surface area (Å²) in [6, 6.07) is 6.62. The molecule has 0 saturated carbocycles. The maximum atomic E-state index is 6.38. The van der Waals surface area contributed by atoms with E-state index in [4.69, 9.17) is 4.74 Å². The van der Waals surface area contributed by atoms with Gasteiger partial charge in [-0.05, 0) is 69.1 Å². The Hall–Kier alpha value is -1.06. The lowest BCUT2D eigenvalue weighted by Gasteiger charge is -2.40. The number of likely N-dealkylation sites (N-methyl/N-ethyl adjacent to an activating group) is 1. The summed E-state index contributed by atoms with van der Waals surface area (Å²) >= 11 is 0. The lowest BCUT2D eigenvalue weighted by molar-refractivity contribution is 0.00780. The molecule has 3 rings (SSSR count). The fourth-order valence-corrected chi connectivity index (χ4v) is 3.46. The van der Waals surface area contributed by atoms with E-state index in [1.54, 1.807) is 0 Å². The van der Waals surface area contributed by atoms with Gasteiger partial charge in [0.05, 0.1) is 0 Å². The molecule has 1 N–H and O–H groups in total. The minimum absolute atomic E-state index is 0.0323. The second-order valence-electron chi connectivity index (χ2n) is 6.38. The number of nitrogens with zero attached hydrogens (tertiary/aromatic N) is 1. The molecule has 2 aliphatic rings. The van der Waals surface area contributed by atoms with Crippen molar-refractivity contribution in [1.82, 2.24) is 10.2 Å². The third-order valence-electron chi connectivity index (χ3n) is 4.61. The zero-order valence-electron chi connectivity index (χ0n) is 12.7. The van der Waals surface area contributed by atoms with Crippen molar-refractivity contribution in [3.05, 3.63) is 29.3 Å². The molecule has 0 bridgehead atoms. The molecule has 2 heterocycles. The summed E-state index contributed by atoms with van der Waals surface area (Å²) in [5, 5.41) is 3.42. The molecule has 3 nitrogen and oxygen atoms in total. The molecule has 0 amide bonds. The summed E-state index contributed by atoms with van der Waals surface area (Å²) < 4.78 is 6.38. The van der Waals surface area contributed by atoms with Crippen LogP contribution in [0, 0.1) is 0 Å². The van der Waals surface area contributed by atoms with Gasteiger partial charge in [0.2, 0.25) is 0 Å². The highest BCUT2D eigenvalue weighted by molar-refractivity contribution is 5.37. The predicted molar refractivity (Wildman–Crippen MR) is 82.2 cm³/mol. The van der Waals surface area contributed by atoms with Crippen molar-refractivity contribution < 1.29 is 4.74 Å². The zero-order chi connectivity index (χ0) is 14.0. The number of fused-ring (bicyclic) bond motifs is 1. The van der Waals surface area contributed by atoms with Crippen molar-refractivity contribution in [3.63, 3.8) is 0 Å². The van der Waals surface area contributed by atoms with E-state index in [0.717, 1.165) is 44.8 Å². The Morgan fingerprint density at radius 2 is 2.25 bits per heavy atom. The molecular weight excluding hydrogens is 248 g/mol. The topological polar surface area (TPSA) is 24.5 Å². The summed E-state index contributed by atoms with van der Waals surface area (Å²) in [5.74, 6) is 1.05. The molecule has 1 unspecified atom stereocenters. The lowest BCUT2D eigenvalue weighted by atomic mass is 9.94. The Morgan fingerprint density at radius 3 is 3.10 bits per heavy atom. The highest BCUT2D eigenvalue weighted by atomic mass is 16.5. The summed E-state index contributed by atoms with van der Waals surface area (Å²) in [5.41, 5.74) is 2.84. The van der Waals surface area contributed by atoms with Gasteiger partial charge in [-0.3, -0.25) is 4.90 Å².